The normalized spacial score (nSPS) is 17.0. The first-order chi connectivity index (χ1) is 13.0. The summed E-state index contributed by atoms with van der Waals surface area (Å²) in [6, 6.07) is 11.7. The van der Waals surface area contributed by atoms with Gasteiger partial charge in [-0.2, -0.15) is 5.26 Å². The van der Waals surface area contributed by atoms with E-state index < -0.39 is 5.92 Å². The first-order valence-corrected chi connectivity index (χ1v) is 8.40. The van der Waals surface area contributed by atoms with Crippen molar-refractivity contribution in [1.82, 2.24) is 0 Å². The SMILES string of the molecule is COc1cc([C@H]2C(C#N)=C(N)Oc3cc(N(C)C)ccc32)cc2c1OCO2. The maximum atomic E-state index is 9.72. The van der Waals surface area contributed by atoms with Crippen LogP contribution >= 0.6 is 0 Å². The van der Waals surface area contributed by atoms with E-state index in [4.69, 9.17) is 24.7 Å². The van der Waals surface area contributed by atoms with E-state index in [9.17, 15) is 5.26 Å². The zero-order chi connectivity index (χ0) is 19.1. The van der Waals surface area contributed by atoms with Crippen LogP contribution in [0, 0.1) is 11.3 Å². The van der Waals surface area contributed by atoms with E-state index in [1.807, 2.05) is 49.3 Å². The molecule has 2 aliphatic rings. The number of fused-ring (bicyclic) bond motifs is 2. The smallest absolute Gasteiger partial charge is 0.231 e. The van der Waals surface area contributed by atoms with Crippen LogP contribution in [0.1, 0.15) is 17.0 Å². The molecular formula is C20H19N3O4. The second-order valence-corrected chi connectivity index (χ2v) is 6.50. The maximum absolute atomic E-state index is 9.72. The van der Waals surface area contributed by atoms with Crippen LogP contribution < -0.4 is 29.6 Å². The van der Waals surface area contributed by atoms with Crippen LogP contribution in [-0.4, -0.2) is 28.0 Å². The lowest BCUT2D eigenvalue weighted by Crippen LogP contribution is -2.21. The van der Waals surface area contributed by atoms with Crippen molar-refractivity contribution >= 4 is 5.69 Å². The van der Waals surface area contributed by atoms with Crippen LogP contribution in [0.3, 0.4) is 0 Å². The zero-order valence-corrected chi connectivity index (χ0v) is 15.3. The van der Waals surface area contributed by atoms with Crippen molar-refractivity contribution in [3.8, 4) is 29.1 Å². The highest BCUT2D eigenvalue weighted by Crippen LogP contribution is 2.48. The van der Waals surface area contributed by atoms with Gasteiger partial charge in [0, 0.05) is 31.4 Å². The van der Waals surface area contributed by atoms with Crippen LogP contribution in [0.25, 0.3) is 0 Å². The molecule has 0 saturated heterocycles. The van der Waals surface area contributed by atoms with Gasteiger partial charge in [0.2, 0.25) is 18.4 Å². The number of nitrogens with zero attached hydrogens (tertiary/aromatic N) is 2. The molecule has 0 bridgehead atoms. The lowest BCUT2D eigenvalue weighted by Gasteiger charge is -2.28. The number of nitrogens with two attached hydrogens (primary N) is 1. The van der Waals surface area contributed by atoms with E-state index in [2.05, 4.69) is 6.07 Å². The molecule has 2 aromatic rings. The number of rotatable bonds is 3. The number of hydrogen-bond donors (Lipinski definition) is 1. The first-order valence-electron chi connectivity index (χ1n) is 8.40. The molecule has 7 nitrogen and oxygen atoms in total. The predicted molar refractivity (Wildman–Crippen MR) is 99.2 cm³/mol. The summed E-state index contributed by atoms with van der Waals surface area (Å²) in [5, 5.41) is 9.72. The van der Waals surface area contributed by atoms with E-state index in [0.29, 0.717) is 28.6 Å². The Kier molecular flexibility index (Phi) is 3.96. The molecule has 138 valence electrons. The van der Waals surface area contributed by atoms with Gasteiger partial charge in [0.1, 0.15) is 17.4 Å². The highest BCUT2D eigenvalue weighted by atomic mass is 16.7. The fourth-order valence-electron chi connectivity index (χ4n) is 3.38. The third-order valence-electron chi connectivity index (χ3n) is 4.73. The Morgan fingerprint density at radius 1 is 1.19 bits per heavy atom. The van der Waals surface area contributed by atoms with Gasteiger partial charge in [0.15, 0.2) is 11.5 Å². The zero-order valence-electron chi connectivity index (χ0n) is 15.3. The Morgan fingerprint density at radius 2 is 2.00 bits per heavy atom. The Labute approximate surface area is 157 Å². The Morgan fingerprint density at radius 3 is 2.70 bits per heavy atom. The molecule has 1 atom stereocenters. The van der Waals surface area contributed by atoms with Crippen molar-refractivity contribution in [2.45, 2.75) is 5.92 Å². The van der Waals surface area contributed by atoms with Gasteiger partial charge >= 0.3 is 0 Å². The fraction of sp³-hybridized carbons (Fsp3) is 0.250. The summed E-state index contributed by atoms with van der Waals surface area (Å²) in [6.07, 6.45) is 0. The van der Waals surface area contributed by atoms with Gasteiger partial charge in [0.05, 0.1) is 13.0 Å². The lowest BCUT2D eigenvalue weighted by molar-refractivity contribution is 0.171. The van der Waals surface area contributed by atoms with E-state index in [0.717, 1.165) is 16.8 Å². The minimum Gasteiger partial charge on any atom is -0.493 e. The number of ether oxygens (including phenoxy) is 4. The minimum absolute atomic E-state index is 0.0996. The maximum Gasteiger partial charge on any atom is 0.231 e. The van der Waals surface area contributed by atoms with Crippen LogP contribution in [0.2, 0.25) is 0 Å². The second-order valence-electron chi connectivity index (χ2n) is 6.50. The van der Waals surface area contributed by atoms with Gasteiger partial charge in [-0.3, -0.25) is 0 Å². The molecule has 0 unspecified atom stereocenters. The van der Waals surface area contributed by atoms with Crippen molar-refractivity contribution in [2.75, 3.05) is 32.9 Å². The van der Waals surface area contributed by atoms with Gasteiger partial charge < -0.3 is 29.6 Å². The summed E-state index contributed by atoms with van der Waals surface area (Å²) >= 11 is 0. The molecule has 0 amide bonds. The molecule has 0 aliphatic carbocycles. The third-order valence-corrected chi connectivity index (χ3v) is 4.73. The molecule has 7 heteroatoms. The minimum atomic E-state index is -0.390. The highest BCUT2D eigenvalue weighted by Gasteiger charge is 2.33. The standard InChI is InChI=1S/C20H19N3O4/c1-23(2)12-4-5-13-15(8-12)27-20(22)14(9-21)18(13)11-6-16(24-3)19-17(7-11)25-10-26-19/h4-8,18H,10,22H2,1-3H3/t18-/m1/s1. The van der Waals surface area contributed by atoms with Gasteiger partial charge in [-0.1, -0.05) is 6.07 Å². The Balaban J connectivity index is 1.91. The largest absolute Gasteiger partial charge is 0.493 e. The van der Waals surface area contributed by atoms with Gasteiger partial charge in [0.25, 0.3) is 0 Å². The summed E-state index contributed by atoms with van der Waals surface area (Å²) in [6.45, 7) is 0.134. The van der Waals surface area contributed by atoms with E-state index in [1.54, 1.807) is 7.11 Å². The molecule has 0 saturated carbocycles. The average Bonchev–Trinajstić information content (AvgIpc) is 3.14. The molecule has 2 aliphatic heterocycles. The van der Waals surface area contributed by atoms with Crippen molar-refractivity contribution in [3.05, 3.63) is 52.9 Å². The lowest BCUT2D eigenvalue weighted by atomic mass is 9.83. The summed E-state index contributed by atoms with van der Waals surface area (Å²) in [7, 11) is 5.47. The summed E-state index contributed by atoms with van der Waals surface area (Å²) in [5.74, 6) is 2.03. The van der Waals surface area contributed by atoms with Crippen molar-refractivity contribution < 1.29 is 18.9 Å². The number of hydrogen-bond acceptors (Lipinski definition) is 7. The van der Waals surface area contributed by atoms with Crippen molar-refractivity contribution in [1.29, 1.82) is 5.26 Å². The predicted octanol–water partition coefficient (Wildman–Crippen LogP) is 2.71. The Bertz CT molecular complexity index is 991. The molecule has 0 aromatic heterocycles. The molecule has 0 fully saturated rings. The average molecular weight is 365 g/mol. The van der Waals surface area contributed by atoms with E-state index in [-0.39, 0.29) is 12.7 Å². The first kappa shape index (κ1) is 16.9. The number of anilines is 1. The van der Waals surface area contributed by atoms with Crippen LogP contribution in [0.15, 0.2) is 41.8 Å². The van der Waals surface area contributed by atoms with Crippen LogP contribution in [-0.2, 0) is 0 Å². The molecule has 2 heterocycles. The summed E-state index contributed by atoms with van der Waals surface area (Å²) in [5.41, 5.74) is 9.07. The van der Waals surface area contributed by atoms with Gasteiger partial charge in [-0.05, 0) is 23.8 Å². The van der Waals surface area contributed by atoms with Crippen LogP contribution in [0.4, 0.5) is 5.69 Å². The topological polar surface area (TPSA) is 90.0 Å². The number of allylic oxidation sites excluding steroid dienone is 1. The molecule has 0 radical (unpaired) electrons. The second kappa shape index (κ2) is 6.32. The Hall–Kier alpha value is -3.53. The monoisotopic (exact) mass is 365 g/mol. The van der Waals surface area contributed by atoms with E-state index >= 15 is 0 Å². The van der Waals surface area contributed by atoms with E-state index in [1.165, 1.54) is 0 Å². The van der Waals surface area contributed by atoms with Gasteiger partial charge in [-0.15, -0.1) is 0 Å². The fourth-order valence-corrected chi connectivity index (χ4v) is 3.38. The highest BCUT2D eigenvalue weighted by molar-refractivity contribution is 5.64. The molecule has 2 aromatic carbocycles. The van der Waals surface area contributed by atoms with Crippen LogP contribution in [0.5, 0.6) is 23.0 Å². The summed E-state index contributed by atoms with van der Waals surface area (Å²) < 4.78 is 22.2. The third kappa shape index (κ3) is 2.66. The quantitative estimate of drug-likeness (QED) is 0.894. The number of nitriles is 1. The van der Waals surface area contributed by atoms with Crippen molar-refractivity contribution in [3.63, 3.8) is 0 Å². The number of methoxy groups -OCH3 is 1. The molecule has 4 rings (SSSR count). The summed E-state index contributed by atoms with van der Waals surface area (Å²) in [4.78, 5) is 1.97. The van der Waals surface area contributed by atoms with Gasteiger partial charge in [-0.25, -0.2) is 0 Å². The molecular weight excluding hydrogens is 346 g/mol. The number of benzene rings is 2. The molecule has 2 N–H and O–H groups in total. The molecule has 0 spiro atoms. The molecule has 27 heavy (non-hydrogen) atoms. The van der Waals surface area contributed by atoms with Crippen molar-refractivity contribution in [2.24, 2.45) is 5.73 Å².